The molecule has 98 valence electrons. The maximum atomic E-state index is 5.64. The largest absolute Gasteiger partial charge is 0.456 e. The SMILES string of the molecule is C=CN1CCCCC1CC.Clc1cc2ccc1o2. The van der Waals surface area contributed by atoms with E-state index in [0.717, 1.165) is 17.2 Å². The number of benzene rings is 1. The minimum Gasteiger partial charge on any atom is -0.456 e. The maximum Gasteiger partial charge on any atom is 0.146 e. The minimum atomic E-state index is 0.711. The number of hydrogen-bond donors (Lipinski definition) is 0. The summed E-state index contributed by atoms with van der Waals surface area (Å²) in [4.78, 5) is 2.38. The van der Waals surface area contributed by atoms with Crippen LogP contribution >= 0.6 is 11.6 Å². The van der Waals surface area contributed by atoms with Crippen molar-refractivity contribution in [1.29, 1.82) is 0 Å². The molecule has 2 bridgehead atoms. The third kappa shape index (κ3) is 2.99. The highest BCUT2D eigenvalue weighted by molar-refractivity contribution is 6.34. The summed E-state index contributed by atoms with van der Waals surface area (Å²) < 4.78 is 5.08. The normalized spacial score (nSPS) is 19.7. The second-order valence-electron chi connectivity index (χ2n) is 4.67. The molecule has 0 radical (unpaired) electrons. The van der Waals surface area contributed by atoms with Gasteiger partial charge in [0.1, 0.15) is 11.2 Å². The fourth-order valence-electron chi connectivity index (χ4n) is 2.46. The number of halogens is 1. The van der Waals surface area contributed by atoms with Gasteiger partial charge in [-0.2, -0.15) is 0 Å². The summed E-state index contributed by atoms with van der Waals surface area (Å²) in [6.07, 6.45) is 7.38. The van der Waals surface area contributed by atoms with Gasteiger partial charge in [0.2, 0.25) is 0 Å². The van der Waals surface area contributed by atoms with Crippen LogP contribution in [0.15, 0.2) is 35.4 Å². The predicted octanol–water partition coefficient (Wildman–Crippen LogP) is 4.92. The molecule has 2 aromatic heterocycles. The van der Waals surface area contributed by atoms with E-state index in [2.05, 4.69) is 18.4 Å². The Morgan fingerprint density at radius 3 is 2.72 bits per heavy atom. The van der Waals surface area contributed by atoms with E-state index in [1.807, 2.05) is 18.3 Å². The van der Waals surface area contributed by atoms with Crippen LogP contribution < -0.4 is 0 Å². The van der Waals surface area contributed by atoms with Crippen molar-refractivity contribution >= 4 is 22.8 Å². The highest BCUT2D eigenvalue weighted by Crippen LogP contribution is 2.25. The van der Waals surface area contributed by atoms with E-state index in [4.69, 9.17) is 16.0 Å². The van der Waals surface area contributed by atoms with Crippen molar-refractivity contribution in [3.05, 3.63) is 36.0 Å². The lowest BCUT2D eigenvalue weighted by molar-refractivity contribution is 0.208. The quantitative estimate of drug-likeness (QED) is 0.766. The van der Waals surface area contributed by atoms with Gasteiger partial charge in [-0.3, -0.25) is 0 Å². The van der Waals surface area contributed by atoms with Crippen LogP contribution in [0.5, 0.6) is 0 Å². The molecular weight excluding hydrogens is 246 g/mol. The third-order valence-corrected chi connectivity index (χ3v) is 3.80. The molecule has 0 N–H and O–H groups in total. The average molecular weight is 266 g/mol. The molecule has 0 saturated carbocycles. The molecular formula is C15H20ClNO. The van der Waals surface area contributed by atoms with E-state index in [9.17, 15) is 0 Å². The van der Waals surface area contributed by atoms with E-state index < -0.39 is 0 Å². The molecule has 0 amide bonds. The first-order valence-corrected chi connectivity index (χ1v) is 6.98. The Kier molecular flexibility index (Phi) is 4.54. The minimum absolute atomic E-state index is 0.711. The first kappa shape index (κ1) is 13.3. The summed E-state index contributed by atoms with van der Waals surface area (Å²) in [6, 6.07) is 6.33. The van der Waals surface area contributed by atoms with E-state index in [0.29, 0.717) is 5.02 Å². The first-order chi connectivity index (χ1) is 8.74. The second-order valence-corrected chi connectivity index (χ2v) is 5.08. The van der Waals surface area contributed by atoms with Crippen LogP contribution in [0.2, 0.25) is 5.02 Å². The Morgan fingerprint density at radius 1 is 1.50 bits per heavy atom. The number of likely N-dealkylation sites (tertiary alicyclic amines) is 1. The molecule has 2 nitrogen and oxygen atoms in total. The fourth-order valence-corrected chi connectivity index (χ4v) is 2.67. The van der Waals surface area contributed by atoms with Crippen LogP contribution in [0.25, 0.3) is 11.2 Å². The van der Waals surface area contributed by atoms with Gasteiger partial charge in [0.15, 0.2) is 0 Å². The van der Waals surface area contributed by atoms with E-state index >= 15 is 0 Å². The van der Waals surface area contributed by atoms with Crippen molar-refractivity contribution in [3.8, 4) is 0 Å². The highest BCUT2D eigenvalue weighted by Gasteiger charge is 2.16. The van der Waals surface area contributed by atoms with Crippen LogP contribution in [-0.4, -0.2) is 17.5 Å². The molecule has 1 saturated heterocycles. The van der Waals surface area contributed by atoms with Gasteiger partial charge in [0, 0.05) is 18.7 Å². The first-order valence-electron chi connectivity index (χ1n) is 6.60. The van der Waals surface area contributed by atoms with Gasteiger partial charge in [0.05, 0.1) is 5.02 Å². The number of rotatable bonds is 2. The lowest BCUT2D eigenvalue weighted by atomic mass is 10.0. The molecule has 18 heavy (non-hydrogen) atoms. The molecule has 1 unspecified atom stereocenters. The number of fused-ring (bicyclic) bond motifs is 2. The topological polar surface area (TPSA) is 16.4 Å². The summed E-state index contributed by atoms with van der Waals surface area (Å²) in [6.45, 7) is 7.29. The maximum absolute atomic E-state index is 5.64. The predicted molar refractivity (Wildman–Crippen MR) is 77.2 cm³/mol. The zero-order valence-electron chi connectivity index (χ0n) is 10.9. The second kappa shape index (κ2) is 6.14. The van der Waals surface area contributed by atoms with Gasteiger partial charge >= 0.3 is 0 Å². The van der Waals surface area contributed by atoms with Crippen LogP contribution in [-0.2, 0) is 0 Å². The molecule has 0 aromatic carbocycles. The third-order valence-electron chi connectivity index (χ3n) is 3.51. The van der Waals surface area contributed by atoms with Gasteiger partial charge in [-0.25, -0.2) is 0 Å². The van der Waals surface area contributed by atoms with Crippen LogP contribution in [0.1, 0.15) is 32.6 Å². The van der Waals surface area contributed by atoms with Gasteiger partial charge in [-0.1, -0.05) is 25.1 Å². The number of hydrogen-bond acceptors (Lipinski definition) is 2. The fraction of sp³-hybridized carbons (Fsp3) is 0.467. The molecule has 1 aliphatic rings. The number of nitrogens with zero attached hydrogens (tertiary/aromatic N) is 1. The van der Waals surface area contributed by atoms with E-state index in [1.54, 1.807) is 6.07 Å². The summed E-state index contributed by atoms with van der Waals surface area (Å²) in [5.74, 6) is 0. The lowest BCUT2D eigenvalue weighted by Gasteiger charge is -2.33. The average Bonchev–Trinajstić information content (AvgIpc) is 3.01. The molecule has 3 rings (SSSR count). The standard InChI is InChI=1S/C9H17N.C6H3ClO/c1-3-9-7-5-6-8-10(9)4-2;7-5-3-4-1-2-6(5)8-4/h4,9H,2-3,5-8H2,1H3;1-3H. The smallest absolute Gasteiger partial charge is 0.146 e. The Balaban J connectivity index is 0.000000136. The van der Waals surface area contributed by atoms with Crippen molar-refractivity contribution in [1.82, 2.24) is 4.90 Å². The Hall–Kier alpha value is -1.15. The van der Waals surface area contributed by atoms with Gasteiger partial charge < -0.3 is 9.32 Å². The molecule has 1 atom stereocenters. The van der Waals surface area contributed by atoms with Crippen molar-refractivity contribution in [3.63, 3.8) is 0 Å². The van der Waals surface area contributed by atoms with Crippen LogP contribution in [0.3, 0.4) is 0 Å². The number of furan rings is 2. The van der Waals surface area contributed by atoms with Gasteiger partial charge in [-0.15, -0.1) is 0 Å². The molecule has 1 aliphatic heterocycles. The molecule has 1 fully saturated rings. The molecule has 0 spiro atoms. The Labute approximate surface area is 114 Å². The lowest BCUT2D eigenvalue weighted by Crippen LogP contribution is -2.34. The Morgan fingerprint density at radius 2 is 2.33 bits per heavy atom. The molecule has 0 aliphatic carbocycles. The van der Waals surface area contributed by atoms with Crippen LogP contribution in [0.4, 0.5) is 0 Å². The van der Waals surface area contributed by atoms with Crippen molar-refractivity contribution < 1.29 is 4.42 Å². The summed E-state index contributed by atoms with van der Waals surface area (Å²) in [7, 11) is 0. The van der Waals surface area contributed by atoms with E-state index in [-0.39, 0.29) is 0 Å². The highest BCUT2D eigenvalue weighted by atomic mass is 35.5. The van der Waals surface area contributed by atoms with Gasteiger partial charge in [-0.05, 0) is 44.0 Å². The summed E-state index contributed by atoms with van der Waals surface area (Å²) >= 11 is 5.64. The molecule has 3 heteroatoms. The van der Waals surface area contributed by atoms with Crippen molar-refractivity contribution in [2.75, 3.05) is 6.54 Å². The zero-order chi connectivity index (χ0) is 13.0. The summed E-state index contributed by atoms with van der Waals surface area (Å²) in [5.41, 5.74) is 1.63. The van der Waals surface area contributed by atoms with Crippen LogP contribution in [0, 0.1) is 0 Å². The Bertz CT molecular complexity index is 479. The van der Waals surface area contributed by atoms with E-state index in [1.165, 1.54) is 32.2 Å². The zero-order valence-corrected chi connectivity index (χ0v) is 11.6. The van der Waals surface area contributed by atoms with Crippen molar-refractivity contribution in [2.24, 2.45) is 0 Å². The van der Waals surface area contributed by atoms with Gasteiger partial charge in [0.25, 0.3) is 0 Å². The monoisotopic (exact) mass is 265 g/mol. The van der Waals surface area contributed by atoms with Crippen molar-refractivity contribution in [2.45, 2.75) is 38.6 Å². The molecule has 3 heterocycles. The summed E-state index contributed by atoms with van der Waals surface area (Å²) in [5, 5.41) is 0.711. The molecule has 2 aromatic rings. The number of piperidine rings is 1.